The number of hydrogen-bond donors (Lipinski definition) is 0. The van der Waals surface area contributed by atoms with Gasteiger partial charge >= 0.3 is 18.1 Å². The Labute approximate surface area is 234 Å². The fraction of sp³-hybridized carbons (Fsp3) is 0.308. The maximum absolute atomic E-state index is 13.0. The molecule has 1 atom stereocenters. The third-order valence-electron chi connectivity index (χ3n) is 5.73. The first-order chi connectivity index (χ1) is 18.5. The Morgan fingerprint density at radius 2 is 1.69 bits per heavy atom. The smallest absolute Gasteiger partial charge is 0.416 e. The summed E-state index contributed by atoms with van der Waals surface area (Å²) in [6, 6.07) is 8.21. The van der Waals surface area contributed by atoms with Crippen LogP contribution in [0.3, 0.4) is 0 Å². The Morgan fingerprint density at radius 1 is 1.03 bits per heavy atom. The fourth-order valence-corrected chi connectivity index (χ4v) is 4.72. The number of rotatable bonds is 10. The zero-order chi connectivity index (χ0) is 28.2. The van der Waals surface area contributed by atoms with Crippen LogP contribution in [0.2, 0.25) is 10.0 Å². The molecule has 0 radical (unpaired) electrons. The monoisotopic (exact) mass is 608 g/mol. The normalized spacial score (nSPS) is 14.3. The summed E-state index contributed by atoms with van der Waals surface area (Å²) in [6.07, 6.45) is -0.615. The summed E-state index contributed by atoms with van der Waals surface area (Å²) in [6.45, 7) is -2.77. The molecule has 39 heavy (non-hydrogen) atoms. The second-order valence-corrected chi connectivity index (χ2v) is 10.5. The average molecular weight is 609 g/mol. The van der Waals surface area contributed by atoms with Crippen LogP contribution < -0.4 is 14.5 Å². The molecule has 0 unspecified atom stereocenters. The predicted molar refractivity (Wildman–Crippen MR) is 135 cm³/mol. The number of nitrogens with one attached hydrogen (secondary N) is 1. The first-order valence-corrected chi connectivity index (χ1v) is 13.2. The molecule has 3 aromatic rings. The minimum atomic E-state index is -4.51. The lowest BCUT2D eigenvalue weighted by Gasteiger charge is -2.21. The van der Waals surface area contributed by atoms with Gasteiger partial charge in [-0.3, -0.25) is 0 Å². The van der Waals surface area contributed by atoms with Crippen LogP contribution in [0, 0.1) is 5.92 Å². The second kappa shape index (κ2) is 12.6. The van der Waals surface area contributed by atoms with Gasteiger partial charge in [-0.25, -0.2) is 9.78 Å². The summed E-state index contributed by atoms with van der Waals surface area (Å²) in [5, 5.41) is -0.286. The number of halogens is 7. The standard InChI is InChI=1S/C26H20Cl2F5NO4S/c27-19-11-34-12-20(28)18(19)10-22(38-25(35)39-17-6-4-16(5-7-17)26(31,32)33)15-3-8-21(37-24(29)30)23(9-15)36-13-14-1-2-14/h3-9,11-12,14,22,24H,1-2,10,13H2/p+1/t22-/m0/s1. The number of hydrogen-bond acceptors (Lipinski definition) is 5. The number of pyridine rings is 1. The van der Waals surface area contributed by atoms with E-state index in [9.17, 15) is 26.7 Å². The molecule has 4 rings (SSSR count). The molecular weight excluding hydrogens is 588 g/mol. The van der Waals surface area contributed by atoms with Crippen molar-refractivity contribution in [3.63, 3.8) is 0 Å². The number of benzene rings is 2. The Bertz CT molecular complexity index is 1290. The lowest BCUT2D eigenvalue weighted by molar-refractivity contribution is -0.377. The summed E-state index contributed by atoms with van der Waals surface area (Å²) in [4.78, 5) is 15.9. The van der Waals surface area contributed by atoms with E-state index in [-0.39, 0.29) is 32.9 Å². The maximum atomic E-state index is 13.0. The van der Waals surface area contributed by atoms with E-state index in [2.05, 4.69) is 9.72 Å². The van der Waals surface area contributed by atoms with E-state index in [1.165, 1.54) is 30.6 Å². The topological polar surface area (TPSA) is 58.9 Å². The number of carbonyl (C=O) groups is 1. The molecule has 0 aliphatic heterocycles. The number of ether oxygens (including phenoxy) is 3. The van der Waals surface area contributed by atoms with Gasteiger partial charge < -0.3 is 14.2 Å². The number of aromatic amines is 1. The lowest BCUT2D eigenvalue weighted by Crippen LogP contribution is -2.14. The van der Waals surface area contributed by atoms with Gasteiger partial charge in [0.1, 0.15) is 16.1 Å². The highest BCUT2D eigenvalue weighted by Crippen LogP contribution is 2.39. The van der Waals surface area contributed by atoms with Crippen LogP contribution in [0.15, 0.2) is 59.8 Å². The zero-order valence-corrected chi connectivity index (χ0v) is 22.3. The number of alkyl halides is 5. The van der Waals surface area contributed by atoms with Crippen LogP contribution in [0.1, 0.15) is 35.6 Å². The summed E-state index contributed by atoms with van der Waals surface area (Å²) < 4.78 is 80.6. The molecule has 1 aromatic heterocycles. The highest BCUT2D eigenvalue weighted by Gasteiger charge is 2.30. The van der Waals surface area contributed by atoms with Crippen molar-refractivity contribution in [1.82, 2.24) is 0 Å². The Kier molecular flexibility index (Phi) is 9.45. The maximum Gasteiger partial charge on any atom is 0.416 e. The molecule has 13 heteroatoms. The third kappa shape index (κ3) is 8.36. The van der Waals surface area contributed by atoms with Crippen LogP contribution >= 0.6 is 35.0 Å². The van der Waals surface area contributed by atoms with Gasteiger partial charge in [-0.05, 0) is 72.5 Å². The first-order valence-electron chi connectivity index (χ1n) is 11.6. The first kappa shape index (κ1) is 29.2. The van der Waals surface area contributed by atoms with Crippen molar-refractivity contribution < 1.29 is 45.9 Å². The van der Waals surface area contributed by atoms with E-state index in [1.807, 2.05) is 0 Å². The third-order valence-corrected chi connectivity index (χ3v) is 7.18. The Morgan fingerprint density at radius 3 is 2.28 bits per heavy atom. The van der Waals surface area contributed by atoms with Gasteiger partial charge in [0.15, 0.2) is 23.9 Å². The molecule has 1 heterocycles. The zero-order valence-electron chi connectivity index (χ0n) is 19.9. The van der Waals surface area contributed by atoms with Crippen molar-refractivity contribution in [2.45, 2.75) is 43.0 Å². The van der Waals surface area contributed by atoms with E-state index < -0.39 is 29.8 Å². The van der Waals surface area contributed by atoms with E-state index in [1.54, 1.807) is 0 Å². The summed E-state index contributed by atoms with van der Waals surface area (Å²) in [5.41, 5.74) is -0.0281. The van der Waals surface area contributed by atoms with Gasteiger partial charge in [0, 0.05) is 16.9 Å². The largest absolute Gasteiger partial charge is 0.489 e. The minimum Gasteiger partial charge on any atom is -0.489 e. The van der Waals surface area contributed by atoms with Crippen molar-refractivity contribution in [3.05, 3.63) is 81.6 Å². The van der Waals surface area contributed by atoms with Crippen molar-refractivity contribution in [1.29, 1.82) is 0 Å². The molecule has 0 amide bonds. The SMILES string of the molecule is O=C(O[C@@H](Cc1c(Cl)c[nH+]cc1Cl)c1ccc(OC(F)F)c(OCC2CC2)c1)Sc1ccc(C(F)(F)F)cc1. The Balaban J connectivity index is 1.60. The van der Waals surface area contributed by atoms with Gasteiger partial charge in [0.25, 0.3) is 0 Å². The van der Waals surface area contributed by atoms with E-state index in [0.717, 1.165) is 37.1 Å². The van der Waals surface area contributed by atoms with Crippen molar-refractivity contribution in [2.24, 2.45) is 5.92 Å². The number of thioether (sulfide) groups is 1. The van der Waals surface area contributed by atoms with E-state index >= 15 is 0 Å². The van der Waals surface area contributed by atoms with Crippen LogP contribution in [0.25, 0.3) is 0 Å². The molecular formula is C26H21Cl2F5NO4S+. The van der Waals surface area contributed by atoms with Gasteiger partial charge in [-0.15, -0.1) is 0 Å². The molecule has 0 saturated heterocycles. The van der Waals surface area contributed by atoms with Crippen molar-refractivity contribution in [2.75, 3.05) is 6.61 Å². The number of carbonyl (C=O) groups excluding carboxylic acids is 1. The lowest BCUT2D eigenvalue weighted by atomic mass is 10.0. The molecule has 2 aromatic carbocycles. The summed E-state index contributed by atoms with van der Waals surface area (Å²) in [7, 11) is 0. The molecule has 1 fully saturated rings. The number of H-pyrrole nitrogens is 1. The molecule has 208 valence electrons. The van der Waals surface area contributed by atoms with Crippen molar-refractivity contribution >= 4 is 40.3 Å². The number of aromatic nitrogens is 1. The highest BCUT2D eigenvalue weighted by molar-refractivity contribution is 8.13. The quantitative estimate of drug-likeness (QED) is 0.131. The van der Waals surface area contributed by atoms with Crippen LogP contribution in [-0.4, -0.2) is 18.5 Å². The summed E-state index contributed by atoms with van der Waals surface area (Å²) >= 11 is 13.2. The molecule has 0 spiro atoms. The highest BCUT2D eigenvalue weighted by atomic mass is 35.5. The molecule has 1 aliphatic rings. The fourth-order valence-electron chi connectivity index (χ4n) is 3.56. The van der Waals surface area contributed by atoms with E-state index in [4.69, 9.17) is 32.7 Å². The van der Waals surface area contributed by atoms with Crippen LogP contribution in [0.4, 0.5) is 26.7 Å². The minimum absolute atomic E-state index is 0.00275. The molecule has 5 nitrogen and oxygen atoms in total. The molecule has 1 aliphatic carbocycles. The van der Waals surface area contributed by atoms with Crippen molar-refractivity contribution in [3.8, 4) is 11.5 Å². The van der Waals surface area contributed by atoms with Crippen LogP contribution in [-0.2, 0) is 17.3 Å². The Hall–Kier alpha value is -2.76. The van der Waals surface area contributed by atoms with Gasteiger partial charge in [-0.2, -0.15) is 22.0 Å². The van der Waals surface area contributed by atoms with Crippen LogP contribution in [0.5, 0.6) is 11.5 Å². The molecule has 1 N–H and O–H groups in total. The van der Waals surface area contributed by atoms with Gasteiger partial charge in [0.05, 0.1) is 12.2 Å². The summed E-state index contributed by atoms with van der Waals surface area (Å²) in [5.74, 6) is 0.193. The molecule has 0 bridgehead atoms. The van der Waals surface area contributed by atoms with E-state index in [0.29, 0.717) is 35.4 Å². The average Bonchev–Trinajstić information content (AvgIpc) is 3.69. The predicted octanol–water partition coefficient (Wildman–Crippen LogP) is 8.43. The van der Waals surface area contributed by atoms with Gasteiger partial charge in [0.2, 0.25) is 0 Å². The van der Waals surface area contributed by atoms with Gasteiger partial charge in [-0.1, -0.05) is 29.3 Å². The second-order valence-electron chi connectivity index (χ2n) is 8.65. The molecule has 1 saturated carbocycles.